The summed E-state index contributed by atoms with van der Waals surface area (Å²) in [6.07, 6.45) is 0. The van der Waals surface area contributed by atoms with Gasteiger partial charge in [0.15, 0.2) is 0 Å². The molecule has 94 valence electrons. The van der Waals surface area contributed by atoms with E-state index < -0.39 is 0 Å². The molecule has 0 unspecified atom stereocenters. The van der Waals surface area contributed by atoms with Crippen molar-refractivity contribution < 1.29 is 9.18 Å². The van der Waals surface area contributed by atoms with Crippen LogP contribution in [0.2, 0.25) is 0 Å². The Morgan fingerprint density at radius 3 is 2.65 bits per heavy atom. The molecule has 1 aromatic carbocycles. The molecule has 0 spiro atoms. The van der Waals surface area contributed by atoms with Crippen molar-refractivity contribution in [2.24, 2.45) is 0 Å². The number of hydrogen-bond acceptors (Lipinski definition) is 3. The van der Waals surface area contributed by atoms with Gasteiger partial charge in [-0.05, 0) is 39.1 Å². The van der Waals surface area contributed by atoms with Crippen LogP contribution in [0.25, 0.3) is 0 Å². The molecule has 4 nitrogen and oxygen atoms in total. The average molecular weight is 239 g/mol. The van der Waals surface area contributed by atoms with Crippen molar-refractivity contribution in [3.05, 3.63) is 24.0 Å². The van der Waals surface area contributed by atoms with Crippen LogP contribution in [0.5, 0.6) is 0 Å². The minimum Gasteiger partial charge on any atom is -0.381 e. The predicted molar refractivity (Wildman–Crippen MR) is 67.7 cm³/mol. The van der Waals surface area contributed by atoms with E-state index >= 15 is 0 Å². The Morgan fingerprint density at radius 1 is 1.35 bits per heavy atom. The van der Waals surface area contributed by atoms with Crippen LogP contribution in [0.3, 0.4) is 0 Å². The summed E-state index contributed by atoms with van der Waals surface area (Å²) >= 11 is 0. The number of hydrogen-bond donors (Lipinski definition) is 3. The van der Waals surface area contributed by atoms with Gasteiger partial charge in [0.2, 0.25) is 5.91 Å². The van der Waals surface area contributed by atoms with Gasteiger partial charge in [-0.2, -0.15) is 0 Å². The van der Waals surface area contributed by atoms with Crippen molar-refractivity contribution in [1.29, 1.82) is 0 Å². The lowest BCUT2D eigenvalue weighted by atomic mass is 10.2. The first-order valence-electron chi connectivity index (χ1n) is 5.53. The van der Waals surface area contributed by atoms with Crippen molar-refractivity contribution in [2.75, 3.05) is 24.2 Å². The normalized spacial score (nSPS) is 10.4. The van der Waals surface area contributed by atoms with Gasteiger partial charge >= 0.3 is 0 Å². The first kappa shape index (κ1) is 13.4. The van der Waals surface area contributed by atoms with Crippen molar-refractivity contribution in [1.82, 2.24) is 5.32 Å². The molecule has 5 heteroatoms. The molecule has 0 radical (unpaired) electrons. The quantitative estimate of drug-likeness (QED) is 0.734. The molecule has 3 N–H and O–H groups in total. The molecular weight excluding hydrogens is 221 g/mol. The van der Waals surface area contributed by atoms with E-state index in [2.05, 4.69) is 16.0 Å². The van der Waals surface area contributed by atoms with E-state index in [9.17, 15) is 9.18 Å². The molecule has 0 aliphatic rings. The van der Waals surface area contributed by atoms with Crippen molar-refractivity contribution in [2.45, 2.75) is 19.9 Å². The Bertz CT molecular complexity index is 393. The molecular formula is C12H18FN3O. The first-order chi connectivity index (χ1) is 8.02. The summed E-state index contributed by atoms with van der Waals surface area (Å²) in [7, 11) is 1.69. The molecule has 0 saturated heterocycles. The van der Waals surface area contributed by atoms with Gasteiger partial charge in [0.05, 0.1) is 17.9 Å². The van der Waals surface area contributed by atoms with Crippen LogP contribution in [0.1, 0.15) is 13.8 Å². The van der Waals surface area contributed by atoms with Gasteiger partial charge in [-0.15, -0.1) is 0 Å². The van der Waals surface area contributed by atoms with Crippen LogP contribution in [0.15, 0.2) is 18.2 Å². The fourth-order valence-electron chi connectivity index (χ4n) is 1.41. The SMILES string of the molecule is CNCC(=O)Nc1ccc(F)cc1NC(C)C. The second kappa shape index (κ2) is 6.20. The zero-order chi connectivity index (χ0) is 12.8. The Kier molecular flexibility index (Phi) is 4.90. The number of nitrogens with one attached hydrogen (secondary N) is 3. The van der Waals surface area contributed by atoms with Crippen molar-refractivity contribution >= 4 is 17.3 Å². The summed E-state index contributed by atoms with van der Waals surface area (Å²) in [5.74, 6) is -0.495. The average Bonchev–Trinajstić information content (AvgIpc) is 2.21. The molecule has 0 aromatic heterocycles. The summed E-state index contributed by atoms with van der Waals surface area (Å²) in [5.41, 5.74) is 1.17. The fraction of sp³-hybridized carbons (Fsp3) is 0.417. The van der Waals surface area contributed by atoms with Gasteiger partial charge in [0.1, 0.15) is 5.82 Å². The van der Waals surface area contributed by atoms with E-state index in [4.69, 9.17) is 0 Å². The third kappa shape index (κ3) is 4.40. The summed E-state index contributed by atoms with van der Waals surface area (Å²) < 4.78 is 13.1. The molecule has 0 atom stereocenters. The molecule has 1 amide bonds. The van der Waals surface area contributed by atoms with Crippen LogP contribution in [-0.2, 0) is 4.79 Å². The number of halogens is 1. The molecule has 1 rings (SSSR count). The van der Waals surface area contributed by atoms with Crippen molar-refractivity contribution in [3.8, 4) is 0 Å². The highest BCUT2D eigenvalue weighted by Crippen LogP contribution is 2.23. The van der Waals surface area contributed by atoms with Gasteiger partial charge in [-0.1, -0.05) is 0 Å². The van der Waals surface area contributed by atoms with E-state index in [0.717, 1.165) is 0 Å². The predicted octanol–water partition coefficient (Wildman–Crippen LogP) is 1.80. The van der Waals surface area contributed by atoms with E-state index in [0.29, 0.717) is 11.4 Å². The Labute approximate surface area is 101 Å². The number of carbonyl (C=O) groups excluding carboxylic acids is 1. The molecule has 1 aromatic rings. The van der Waals surface area contributed by atoms with E-state index in [1.807, 2.05) is 13.8 Å². The Balaban J connectivity index is 2.86. The first-order valence-corrected chi connectivity index (χ1v) is 5.53. The molecule has 0 fully saturated rings. The number of likely N-dealkylation sites (N-methyl/N-ethyl adjacent to an activating group) is 1. The third-order valence-corrected chi connectivity index (χ3v) is 2.04. The molecule has 0 aliphatic carbocycles. The maximum Gasteiger partial charge on any atom is 0.238 e. The molecule has 0 heterocycles. The minimum atomic E-state index is -0.334. The summed E-state index contributed by atoms with van der Waals surface area (Å²) in [4.78, 5) is 11.4. The third-order valence-electron chi connectivity index (χ3n) is 2.04. The van der Waals surface area contributed by atoms with Gasteiger partial charge in [0, 0.05) is 6.04 Å². The highest BCUT2D eigenvalue weighted by molar-refractivity contribution is 5.95. The maximum atomic E-state index is 13.1. The molecule has 0 aliphatic heterocycles. The molecule has 0 bridgehead atoms. The zero-order valence-electron chi connectivity index (χ0n) is 10.3. The monoisotopic (exact) mass is 239 g/mol. The Hall–Kier alpha value is -1.62. The van der Waals surface area contributed by atoms with Crippen LogP contribution in [0, 0.1) is 5.82 Å². The number of amides is 1. The van der Waals surface area contributed by atoms with Crippen molar-refractivity contribution in [3.63, 3.8) is 0 Å². The van der Waals surface area contributed by atoms with Crippen LogP contribution in [-0.4, -0.2) is 25.5 Å². The second-order valence-electron chi connectivity index (χ2n) is 4.07. The lowest BCUT2D eigenvalue weighted by Crippen LogP contribution is -2.25. The number of carbonyl (C=O) groups is 1. The molecule has 0 saturated carbocycles. The molecule has 17 heavy (non-hydrogen) atoms. The standard InChI is InChI=1S/C12H18FN3O/c1-8(2)15-11-6-9(13)4-5-10(11)16-12(17)7-14-3/h4-6,8,14-15H,7H2,1-3H3,(H,16,17). The van der Waals surface area contributed by atoms with Gasteiger partial charge in [0.25, 0.3) is 0 Å². The summed E-state index contributed by atoms with van der Waals surface area (Å²) in [6, 6.07) is 4.40. The zero-order valence-corrected chi connectivity index (χ0v) is 10.3. The Morgan fingerprint density at radius 2 is 2.06 bits per heavy atom. The van der Waals surface area contributed by atoms with E-state index in [-0.39, 0.29) is 24.3 Å². The minimum absolute atomic E-state index is 0.161. The highest BCUT2D eigenvalue weighted by atomic mass is 19.1. The summed E-state index contributed by atoms with van der Waals surface area (Å²) in [5, 5.41) is 8.55. The lowest BCUT2D eigenvalue weighted by Gasteiger charge is -2.15. The van der Waals surface area contributed by atoms with Crippen LogP contribution < -0.4 is 16.0 Å². The van der Waals surface area contributed by atoms with Crippen LogP contribution >= 0.6 is 0 Å². The van der Waals surface area contributed by atoms with Gasteiger partial charge < -0.3 is 16.0 Å². The number of benzene rings is 1. The lowest BCUT2D eigenvalue weighted by molar-refractivity contribution is -0.115. The highest BCUT2D eigenvalue weighted by Gasteiger charge is 2.08. The topological polar surface area (TPSA) is 53.2 Å². The van der Waals surface area contributed by atoms with E-state index in [1.165, 1.54) is 12.1 Å². The number of rotatable bonds is 5. The van der Waals surface area contributed by atoms with Gasteiger partial charge in [-0.3, -0.25) is 4.79 Å². The smallest absolute Gasteiger partial charge is 0.238 e. The van der Waals surface area contributed by atoms with E-state index in [1.54, 1.807) is 13.1 Å². The fourth-order valence-corrected chi connectivity index (χ4v) is 1.41. The maximum absolute atomic E-state index is 13.1. The summed E-state index contributed by atoms with van der Waals surface area (Å²) in [6.45, 7) is 4.12. The number of anilines is 2. The second-order valence-corrected chi connectivity index (χ2v) is 4.07. The van der Waals surface area contributed by atoms with Gasteiger partial charge in [-0.25, -0.2) is 4.39 Å². The van der Waals surface area contributed by atoms with Crippen LogP contribution in [0.4, 0.5) is 15.8 Å². The largest absolute Gasteiger partial charge is 0.381 e.